The van der Waals surface area contributed by atoms with Crippen LogP contribution in [0.3, 0.4) is 0 Å². The highest BCUT2D eigenvalue weighted by Crippen LogP contribution is 2.16. The van der Waals surface area contributed by atoms with Gasteiger partial charge in [0, 0.05) is 38.2 Å². The van der Waals surface area contributed by atoms with E-state index in [-0.39, 0.29) is 11.8 Å². The maximum absolute atomic E-state index is 12.5. The molecule has 2 amide bonds. The number of hydrogen-bond donors (Lipinski definition) is 0. The van der Waals surface area contributed by atoms with E-state index in [2.05, 4.69) is 6.92 Å². The lowest BCUT2D eigenvalue weighted by Crippen LogP contribution is -2.50. The Hall–Kier alpha value is -2.04. The Bertz CT molecular complexity index is 522. The summed E-state index contributed by atoms with van der Waals surface area (Å²) in [6.45, 7) is 4.51. The third-order valence-electron chi connectivity index (χ3n) is 3.98. The molecule has 0 aliphatic carbocycles. The van der Waals surface area contributed by atoms with Gasteiger partial charge in [-0.05, 0) is 24.6 Å². The zero-order valence-electron chi connectivity index (χ0n) is 13.4. The first-order valence-electron chi connectivity index (χ1n) is 7.86. The van der Waals surface area contributed by atoms with E-state index < -0.39 is 0 Å². The lowest BCUT2D eigenvalue weighted by Gasteiger charge is -2.35. The number of rotatable bonds is 5. The van der Waals surface area contributed by atoms with Crippen molar-refractivity contribution in [3.63, 3.8) is 0 Å². The molecule has 1 heterocycles. The molecule has 0 spiro atoms. The van der Waals surface area contributed by atoms with Gasteiger partial charge >= 0.3 is 0 Å². The minimum absolute atomic E-state index is 0.000410. The first-order valence-corrected chi connectivity index (χ1v) is 7.86. The predicted molar refractivity (Wildman–Crippen MR) is 85.0 cm³/mol. The SMILES string of the molecule is CCCCC(=O)N1CCN(C(=O)c2cccc(OC)c2)CC1. The van der Waals surface area contributed by atoms with E-state index in [9.17, 15) is 9.59 Å². The van der Waals surface area contributed by atoms with Crippen molar-refractivity contribution in [2.75, 3.05) is 33.3 Å². The van der Waals surface area contributed by atoms with Gasteiger partial charge in [-0.15, -0.1) is 0 Å². The molecule has 1 fully saturated rings. The number of carbonyl (C=O) groups is 2. The number of methoxy groups -OCH3 is 1. The van der Waals surface area contributed by atoms with E-state index in [1.54, 1.807) is 24.1 Å². The van der Waals surface area contributed by atoms with Gasteiger partial charge < -0.3 is 14.5 Å². The van der Waals surface area contributed by atoms with Crippen LogP contribution in [0.15, 0.2) is 24.3 Å². The summed E-state index contributed by atoms with van der Waals surface area (Å²) >= 11 is 0. The molecular weight excluding hydrogens is 280 g/mol. The van der Waals surface area contributed by atoms with Crippen molar-refractivity contribution < 1.29 is 14.3 Å². The van der Waals surface area contributed by atoms with Crippen molar-refractivity contribution in [2.24, 2.45) is 0 Å². The van der Waals surface area contributed by atoms with Crippen molar-refractivity contribution in [1.82, 2.24) is 9.80 Å². The summed E-state index contributed by atoms with van der Waals surface area (Å²) in [7, 11) is 1.59. The Kier molecular flexibility index (Phi) is 5.81. The van der Waals surface area contributed by atoms with Gasteiger partial charge in [-0.2, -0.15) is 0 Å². The Morgan fingerprint density at radius 1 is 1.14 bits per heavy atom. The van der Waals surface area contributed by atoms with E-state index in [4.69, 9.17) is 4.74 Å². The Balaban J connectivity index is 1.90. The minimum Gasteiger partial charge on any atom is -0.497 e. The Morgan fingerprint density at radius 3 is 2.45 bits per heavy atom. The third kappa shape index (κ3) is 4.00. The highest BCUT2D eigenvalue weighted by atomic mass is 16.5. The van der Waals surface area contributed by atoms with E-state index in [1.165, 1.54) is 0 Å². The summed E-state index contributed by atoms with van der Waals surface area (Å²) in [4.78, 5) is 28.1. The van der Waals surface area contributed by atoms with Gasteiger partial charge in [-0.1, -0.05) is 19.4 Å². The molecule has 0 saturated carbocycles. The molecule has 22 heavy (non-hydrogen) atoms. The zero-order chi connectivity index (χ0) is 15.9. The standard InChI is InChI=1S/C17H24N2O3/c1-3-4-8-16(20)18-9-11-19(12-10-18)17(21)14-6-5-7-15(13-14)22-2/h5-7,13H,3-4,8-12H2,1-2H3. The van der Waals surface area contributed by atoms with E-state index in [1.807, 2.05) is 17.0 Å². The van der Waals surface area contributed by atoms with Crippen LogP contribution >= 0.6 is 0 Å². The quantitative estimate of drug-likeness (QED) is 0.837. The van der Waals surface area contributed by atoms with Crippen molar-refractivity contribution >= 4 is 11.8 Å². The average molecular weight is 304 g/mol. The topological polar surface area (TPSA) is 49.9 Å². The molecule has 0 atom stereocenters. The van der Waals surface area contributed by atoms with Gasteiger partial charge in [0.25, 0.3) is 5.91 Å². The van der Waals surface area contributed by atoms with Gasteiger partial charge in [-0.25, -0.2) is 0 Å². The largest absolute Gasteiger partial charge is 0.497 e. The third-order valence-corrected chi connectivity index (χ3v) is 3.98. The molecule has 1 aliphatic rings. The smallest absolute Gasteiger partial charge is 0.254 e. The summed E-state index contributed by atoms with van der Waals surface area (Å²) in [5.41, 5.74) is 0.630. The lowest BCUT2D eigenvalue weighted by molar-refractivity contribution is -0.132. The summed E-state index contributed by atoms with van der Waals surface area (Å²) in [6, 6.07) is 7.18. The number of benzene rings is 1. The fourth-order valence-electron chi connectivity index (χ4n) is 2.58. The number of ether oxygens (including phenoxy) is 1. The fraction of sp³-hybridized carbons (Fsp3) is 0.529. The molecule has 1 aromatic carbocycles. The van der Waals surface area contributed by atoms with E-state index in [0.717, 1.165) is 12.8 Å². The molecular formula is C17H24N2O3. The van der Waals surface area contributed by atoms with Gasteiger partial charge in [-0.3, -0.25) is 9.59 Å². The summed E-state index contributed by atoms with van der Waals surface area (Å²) in [5.74, 6) is 0.883. The van der Waals surface area contributed by atoms with Crippen molar-refractivity contribution in [1.29, 1.82) is 0 Å². The molecule has 0 bridgehead atoms. The first-order chi connectivity index (χ1) is 10.7. The second-order valence-electron chi connectivity index (χ2n) is 5.51. The summed E-state index contributed by atoms with van der Waals surface area (Å²) in [6.07, 6.45) is 2.57. The number of carbonyl (C=O) groups excluding carboxylic acids is 2. The molecule has 5 nitrogen and oxygen atoms in total. The lowest BCUT2D eigenvalue weighted by atomic mass is 10.1. The van der Waals surface area contributed by atoms with Crippen LogP contribution in [-0.4, -0.2) is 54.9 Å². The number of piperazine rings is 1. The first kappa shape index (κ1) is 16.3. The number of nitrogens with zero attached hydrogens (tertiary/aromatic N) is 2. The number of hydrogen-bond acceptors (Lipinski definition) is 3. The van der Waals surface area contributed by atoms with Gasteiger partial charge in [0.2, 0.25) is 5.91 Å². The second-order valence-corrected chi connectivity index (χ2v) is 5.51. The predicted octanol–water partition coefficient (Wildman–Crippen LogP) is 2.17. The van der Waals surface area contributed by atoms with Crippen LogP contribution in [0.5, 0.6) is 5.75 Å². The van der Waals surface area contributed by atoms with Gasteiger partial charge in [0.1, 0.15) is 5.75 Å². The summed E-state index contributed by atoms with van der Waals surface area (Å²) in [5, 5.41) is 0. The molecule has 5 heteroatoms. The fourth-order valence-corrected chi connectivity index (χ4v) is 2.58. The van der Waals surface area contributed by atoms with Crippen LogP contribution in [0, 0.1) is 0 Å². The Labute approximate surface area is 131 Å². The maximum Gasteiger partial charge on any atom is 0.254 e. The van der Waals surface area contributed by atoms with Crippen LogP contribution in [-0.2, 0) is 4.79 Å². The molecule has 120 valence electrons. The van der Waals surface area contributed by atoms with Crippen LogP contribution in [0.25, 0.3) is 0 Å². The van der Waals surface area contributed by atoms with Crippen molar-refractivity contribution in [3.8, 4) is 5.75 Å². The van der Waals surface area contributed by atoms with E-state index in [0.29, 0.717) is 43.9 Å². The number of amides is 2. The molecule has 1 aliphatic heterocycles. The maximum atomic E-state index is 12.5. The number of unbranched alkanes of at least 4 members (excludes halogenated alkanes) is 1. The monoisotopic (exact) mass is 304 g/mol. The van der Waals surface area contributed by atoms with Crippen LogP contribution < -0.4 is 4.74 Å². The van der Waals surface area contributed by atoms with Crippen LogP contribution in [0.1, 0.15) is 36.5 Å². The minimum atomic E-state index is -0.000410. The molecule has 0 aromatic heterocycles. The normalized spacial score (nSPS) is 14.8. The molecule has 1 saturated heterocycles. The molecule has 2 rings (SSSR count). The highest BCUT2D eigenvalue weighted by Gasteiger charge is 2.24. The molecule has 0 radical (unpaired) electrons. The second kappa shape index (κ2) is 7.82. The zero-order valence-corrected chi connectivity index (χ0v) is 13.4. The van der Waals surface area contributed by atoms with Crippen molar-refractivity contribution in [3.05, 3.63) is 29.8 Å². The van der Waals surface area contributed by atoms with Crippen molar-refractivity contribution in [2.45, 2.75) is 26.2 Å². The molecule has 1 aromatic rings. The van der Waals surface area contributed by atoms with E-state index >= 15 is 0 Å². The summed E-state index contributed by atoms with van der Waals surface area (Å²) < 4.78 is 5.15. The Morgan fingerprint density at radius 2 is 1.82 bits per heavy atom. The molecule has 0 unspecified atom stereocenters. The average Bonchev–Trinajstić information content (AvgIpc) is 2.59. The van der Waals surface area contributed by atoms with Gasteiger partial charge in [0.15, 0.2) is 0 Å². The van der Waals surface area contributed by atoms with Crippen LogP contribution in [0.2, 0.25) is 0 Å². The van der Waals surface area contributed by atoms with Gasteiger partial charge in [0.05, 0.1) is 7.11 Å². The molecule has 0 N–H and O–H groups in total. The van der Waals surface area contributed by atoms with Crippen LogP contribution in [0.4, 0.5) is 0 Å². The highest BCUT2D eigenvalue weighted by molar-refractivity contribution is 5.94.